The van der Waals surface area contributed by atoms with E-state index < -0.39 is 0 Å². The number of nitrogens with two attached hydrogens (primary N) is 1. The number of rotatable bonds is 2. The minimum Gasteiger partial charge on any atom is -0.438 e. The van der Waals surface area contributed by atoms with Crippen molar-refractivity contribution >= 4 is 11.2 Å². The zero-order chi connectivity index (χ0) is 12.5. The van der Waals surface area contributed by atoms with Gasteiger partial charge in [0.25, 0.3) is 0 Å². The van der Waals surface area contributed by atoms with Crippen molar-refractivity contribution in [3.8, 4) is 11.3 Å². The molecule has 4 heteroatoms. The molecule has 3 rings (SSSR count). The second-order valence-electron chi connectivity index (χ2n) is 4.20. The fourth-order valence-electron chi connectivity index (χ4n) is 1.84. The highest BCUT2D eigenvalue weighted by atomic mass is 16.3. The number of aryl methyl sites for hydroxylation is 1. The second-order valence-corrected chi connectivity index (χ2v) is 4.20. The normalized spacial score (nSPS) is 11.0. The summed E-state index contributed by atoms with van der Waals surface area (Å²) in [5.41, 5.74) is 9.96. The van der Waals surface area contributed by atoms with Crippen molar-refractivity contribution in [3.63, 3.8) is 0 Å². The topological polar surface area (TPSA) is 64.9 Å². The van der Waals surface area contributed by atoms with Crippen LogP contribution in [-0.2, 0) is 6.54 Å². The summed E-state index contributed by atoms with van der Waals surface area (Å²) in [6.07, 6.45) is 0. The van der Waals surface area contributed by atoms with Crippen molar-refractivity contribution in [1.82, 2.24) is 9.97 Å². The first-order chi connectivity index (χ1) is 8.76. The molecule has 0 unspecified atom stereocenters. The number of nitrogens with zero attached hydrogens (tertiary/aromatic N) is 2. The molecular formula is C14H13N3O. The summed E-state index contributed by atoms with van der Waals surface area (Å²) in [6.45, 7) is 2.35. The van der Waals surface area contributed by atoms with Gasteiger partial charge in [-0.1, -0.05) is 29.8 Å². The fourth-order valence-corrected chi connectivity index (χ4v) is 1.84. The van der Waals surface area contributed by atoms with Gasteiger partial charge in [-0.3, -0.25) is 0 Å². The van der Waals surface area contributed by atoms with Gasteiger partial charge >= 0.3 is 0 Å². The number of oxazole rings is 1. The highest BCUT2D eigenvalue weighted by molar-refractivity contribution is 5.73. The van der Waals surface area contributed by atoms with Gasteiger partial charge in [0.05, 0.1) is 12.2 Å². The molecule has 0 saturated heterocycles. The van der Waals surface area contributed by atoms with E-state index in [4.69, 9.17) is 10.2 Å². The van der Waals surface area contributed by atoms with Crippen molar-refractivity contribution in [2.75, 3.05) is 0 Å². The Bertz CT molecular complexity index is 686. The number of fused-ring (bicyclic) bond motifs is 1. The number of pyridine rings is 1. The number of hydrogen-bond donors (Lipinski definition) is 1. The Hall–Kier alpha value is -2.20. The smallest absolute Gasteiger partial charge is 0.210 e. The first-order valence-corrected chi connectivity index (χ1v) is 5.80. The van der Waals surface area contributed by atoms with E-state index in [1.54, 1.807) is 0 Å². The van der Waals surface area contributed by atoms with Gasteiger partial charge in [-0.25, -0.2) is 4.98 Å². The predicted octanol–water partition coefficient (Wildman–Crippen LogP) is 2.66. The Morgan fingerprint density at radius 3 is 2.56 bits per heavy atom. The molecule has 0 fully saturated rings. The van der Waals surface area contributed by atoms with Crippen LogP contribution in [0.15, 0.2) is 40.8 Å². The average molecular weight is 239 g/mol. The Morgan fingerprint density at radius 1 is 1.06 bits per heavy atom. The molecule has 0 bridgehead atoms. The lowest BCUT2D eigenvalue weighted by molar-refractivity contribution is 0.533. The van der Waals surface area contributed by atoms with Gasteiger partial charge in [0.1, 0.15) is 0 Å². The van der Waals surface area contributed by atoms with Crippen molar-refractivity contribution in [2.45, 2.75) is 13.5 Å². The zero-order valence-corrected chi connectivity index (χ0v) is 10.1. The van der Waals surface area contributed by atoms with E-state index in [-0.39, 0.29) is 6.54 Å². The lowest BCUT2D eigenvalue weighted by Gasteiger charge is -2.00. The largest absolute Gasteiger partial charge is 0.438 e. The third kappa shape index (κ3) is 1.87. The molecule has 0 aliphatic rings. The van der Waals surface area contributed by atoms with E-state index in [1.807, 2.05) is 24.3 Å². The first-order valence-electron chi connectivity index (χ1n) is 5.80. The van der Waals surface area contributed by atoms with Crippen LogP contribution in [-0.4, -0.2) is 9.97 Å². The highest BCUT2D eigenvalue weighted by Gasteiger charge is 2.07. The second kappa shape index (κ2) is 4.23. The van der Waals surface area contributed by atoms with Crippen molar-refractivity contribution < 1.29 is 4.42 Å². The van der Waals surface area contributed by atoms with Crippen LogP contribution in [0.1, 0.15) is 11.5 Å². The maximum Gasteiger partial charge on any atom is 0.210 e. The Morgan fingerprint density at radius 2 is 1.83 bits per heavy atom. The summed E-state index contributed by atoms with van der Waals surface area (Å²) in [4.78, 5) is 8.72. The first kappa shape index (κ1) is 10.9. The average Bonchev–Trinajstić information content (AvgIpc) is 2.81. The van der Waals surface area contributed by atoms with E-state index in [0.717, 1.165) is 11.3 Å². The molecule has 2 aromatic heterocycles. The van der Waals surface area contributed by atoms with Crippen molar-refractivity contribution in [3.05, 3.63) is 47.9 Å². The molecule has 2 N–H and O–H groups in total. The fraction of sp³-hybridized carbons (Fsp3) is 0.143. The Labute approximate surface area is 104 Å². The van der Waals surface area contributed by atoms with Crippen LogP contribution in [0.25, 0.3) is 22.5 Å². The van der Waals surface area contributed by atoms with E-state index in [1.165, 1.54) is 5.56 Å². The van der Waals surface area contributed by atoms with Crippen LogP contribution < -0.4 is 5.73 Å². The number of hydrogen-bond acceptors (Lipinski definition) is 4. The minimum atomic E-state index is 0.288. The minimum absolute atomic E-state index is 0.288. The summed E-state index contributed by atoms with van der Waals surface area (Å²) in [5, 5.41) is 0. The van der Waals surface area contributed by atoms with Crippen LogP contribution in [0, 0.1) is 6.92 Å². The number of benzene rings is 1. The monoisotopic (exact) mass is 239 g/mol. The van der Waals surface area contributed by atoms with Gasteiger partial charge < -0.3 is 10.2 Å². The van der Waals surface area contributed by atoms with Crippen LogP contribution in [0.5, 0.6) is 0 Å². The summed E-state index contributed by atoms with van der Waals surface area (Å²) in [6, 6.07) is 12.0. The van der Waals surface area contributed by atoms with Gasteiger partial charge in [0.15, 0.2) is 11.2 Å². The molecule has 90 valence electrons. The zero-order valence-electron chi connectivity index (χ0n) is 10.1. The predicted molar refractivity (Wildman–Crippen MR) is 69.9 cm³/mol. The van der Waals surface area contributed by atoms with Crippen LogP contribution >= 0.6 is 0 Å². The number of aromatic nitrogens is 2. The van der Waals surface area contributed by atoms with E-state index in [0.29, 0.717) is 17.1 Å². The van der Waals surface area contributed by atoms with E-state index in [9.17, 15) is 0 Å². The summed E-state index contributed by atoms with van der Waals surface area (Å²) < 4.78 is 5.43. The lowest BCUT2D eigenvalue weighted by atomic mass is 10.1. The molecule has 0 amide bonds. The third-order valence-electron chi connectivity index (χ3n) is 2.82. The van der Waals surface area contributed by atoms with Crippen molar-refractivity contribution in [1.29, 1.82) is 0 Å². The molecule has 0 saturated carbocycles. The summed E-state index contributed by atoms with van der Waals surface area (Å²) in [5.74, 6) is 0.513. The van der Waals surface area contributed by atoms with Gasteiger partial charge in [-0.15, -0.1) is 0 Å². The quantitative estimate of drug-likeness (QED) is 0.746. The maximum atomic E-state index is 5.50. The molecule has 0 spiro atoms. The van der Waals surface area contributed by atoms with E-state index in [2.05, 4.69) is 29.0 Å². The third-order valence-corrected chi connectivity index (χ3v) is 2.82. The molecule has 0 aliphatic heterocycles. The molecule has 0 aliphatic carbocycles. The molecule has 0 atom stereocenters. The van der Waals surface area contributed by atoms with Gasteiger partial charge in [0.2, 0.25) is 5.89 Å². The van der Waals surface area contributed by atoms with Gasteiger partial charge in [-0.05, 0) is 19.1 Å². The Balaban J connectivity index is 2.09. The van der Waals surface area contributed by atoms with Gasteiger partial charge in [0, 0.05) is 5.56 Å². The Kier molecular flexibility index (Phi) is 2.57. The molecule has 2 heterocycles. The van der Waals surface area contributed by atoms with Crippen LogP contribution in [0.3, 0.4) is 0 Å². The summed E-state index contributed by atoms with van der Waals surface area (Å²) in [7, 11) is 0. The molecule has 4 nitrogen and oxygen atoms in total. The summed E-state index contributed by atoms with van der Waals surface area (Å²) >= 11 is 0. The maximum absolute atomic E-state index is 5.50. The van der Waals surface area contributed by atoms with Crippen molar-refractivity contribution in [2.24, 2.45) is 5.73 Å². The van der Waals surface area contributed by atoms with Crippen LogP contribution in [0.2, 0.25) is 0 Å². The highest BCUT2D eigenvalue weighted by Crippen LogP contribution is 2.21. The van der Waals surface area contributed by atoms with Gasteiger partial charge in [-0.2, -0.15) is 4.98 Å². The molecular weight excluding hydrogens is 226 g/mol. The molecule has 0 radical (unpaired) electrons. The lowest BCUT2D eigenvalue weighted by Crippen LogP contribution is -1.95. The van der Waals surface area contributed by atoms with Crippen LogP contribution in [0.4, 0.5) is 0 Å². The SMILES string of the molecule is Cc1ccc(-c2ccc3oc(CN)nc3n2)cc1. The molecule has 3 aromatic rings. The van der Waals surface area contributed by atoms with E-state index >= 15 is 0 Å². The molecule has 1 aromatic carbocycles. The molecule has 18 heavy (non-hydrogen) atoms. The standard InChI is InChI=1S/C14H13N3O/c1-9-2-4-10(5-3-9)11-6-7-12-14(16-11)17-13(8-15)18-12/h2-7H,8,15H2,1H3.